The van der Waals surface area contributed by atoms with E-state index in [-0.39, 0.29) is 5.56 Å². The Kier molecular flexibility index (Phi) is 2.98. The summed E-state index contributed by atoms with van der Waals surface area (Å²) in [6.07, 6.45) is 0.844. The molecule has 0 aliphatic carbocycles. The summed E-state index contributed by atoms with van der Waals surface area (Å²) in [7, 11) is 1.23. The molecule has 0 saturated carbocycles. The van der Waals surface area contributed by atoms with Crippen molar-refractivity contribution in [2.75, 3.05) is 13.7 Å². The zero-order chi connectivity index (χ0) is 14.1. The van der Waals surface area contributed by atoms with Crippen LogP contribution in [0.3, 0.4) is 0 Å². The molecule has 1 aliphatic rings. The van der Waals surface area contributed by atoms with Crippen LogP contribution in [0.1, 0.15) is 15.9 Å². The van der Waals surface area contributed by atoms with Gasteiger partial charge in [-0.15, -0.1) is 0 Å². The molecule has 1 aromatic heterocycles. The van der Waals surface area contributed by atoms with Gasteiger partial charge in [-0.2, -0.15) is 5.10 Å². The van der Waals surface area contributed by atoms with Crippen molar-refractivity contribution >= 4 is 5.97 Å². The third kappa shape index (κ3) is 2.05. The van der Waals surface area contributed by atoms with Gasteiger partial charge in [0, 0.05) is 12.0 Å². The first-order valence-corrected chi connectivity index (χ1v) is 6.13. The van der Waals surface area contributed by atoms with E-state index in [9.17, 15) is 9.59 Å². The fourth-order valence-electron chi connectivity index (χ4n) is 2.16. The molecule has 2 aromatic rings. The van der Waals surface area contributed by atoms with E-state index in [4.69, 9.17) is 4.74 Å². The van der Waals surface area contributed by atoms with E-state index in [1.165, 1.54) is 13.2 Å². The number of nitrogens with one attached hydrogen (secondary N) is 1. The molecule has 102 valence electrons. The van der Waals surface area contributed by atoms with Crippen LogP contribution in [0, 0.1) is 0 Å². The average molecular weight is 272 g/mol. The second kappa shape index (κ2) is 4.80. The van der Waals surface area contributed by atoms with Gasteiger partial charge in [0.15, 0.2) is 0 Å². The van der Waals surface area contributed by atoms with Crippen LogP contribution in [0.2, 0.25) is 0 Å². The minimum atomic E-state index is -0.681. The lowest BCUT2D eigenvalue weighted by molar-refractivity contribution is 0.0598. The smallest absolute Gasteiger partial charge is 0.343 e. The number of carbonyl (C=O) groups is 1. The summed E-state index contributed by atoms with van der Waals surface area (Å²) in [5, 5.41) is 6.28. The average Bonchev–Trinajstić information content (AvgIpc) is 2.94. The second-order valence-electron chi connectivity index (χ2n) is 4.41. The van der Waals surface area contributed by atoms with Crippen molar-refractivity contribution in [3.05, 3.63) is 45.7 Å². The highest BCUT2D eigenvalue weighted by atomic mass is 16.5. The molecule has 0 amide bonds. The maximum Gasteiger partial charge on any atom is 0.343 e. The first kappa shape index (κ1) is 12.4. The standard InChI is InChI=1S/C14H12N2O4/c1-19-14(18)10-7-11(15-16-13(10)17)8-2-3-12-9(6-8)4-5-20-12/h2-3,6-7H,4-5H2,1H3,(H,16,17). The first-order valence-electron chi connectivity index (χ1n) is 6.13. The second-order valence-corrected chi connectivity index (χ2v) is 4.41. The molecule has 0 spiro atoms. The minimum absolute atomic E-state index is 0.0609. The van der Waals surface area contributed by atoms with Crippen LogP contribution in [0.25, 0.3) is 11.3 Å². The van der Waals surface area contributed by atoms with Gasteiger partial charge in [-0.05, 0) is 29.8 Å². The lowest BCUT2D eigenvalue weighted by Crippen LogP contribution is -2.20. The largest absolute Gasteiger partial charge is 0.493 e. The Morgan fingerprint density at radius 3 is 3.05 bits per heavy atom. The van der Waals surface area contributed by atoms with Gasteiger partial charge in [0.05, 0.1) is 19.4 Å². The number of hydrogen-bond donors (Lipinski definition) is 1. The molecule has 0 bridgehead atoms. The summed E-state index contributed by atoms with van der Waals surface area (Å²) in [6, 6.07) is 7.08. The molecule has 1 aromatic carbocycles. The third-order valence-electron chi connectivity index (χ3n) is 3.19. The Hall–Kier alpha value is -2.63. The van der Waals surface area contributed by atoms with Gasteiger partial charge in [-0.3, -0.25) is 4.79 Å². The first-order chi connectivity index (χ1) is 9.69. The Morgan fingerprint density at radius 2 is 2.25 bits per heavy atom. The number of benzene rings is 1. The number of hydrogen-bond acceptors (Lipinski definition) is 5. The normalized spacial score (nSPS) is 12.7. The number of esters is 1. The van der Waals surface area contributed by atoms with E-state index in [0.717, 1.165) is 23.3 Å². The van der Waals surface area contributed by atoms with Crippen molar-refractivity contribution in [3.8, 4) is 17.0 Å². The van der Waals surface area contributed by atoms with E-state index in [1.807, 2.05) is 18.2 Å². The molecule has 6 heteroatoms. The van der Waals surface area contributed by atoms with Gasteiger partial charge in [0.2, 0.25) is 0 Å². The Balaban J connectivity index is 2.06. The highest BCUT2D eigenvalue weighted by Crippen LogP contribution is 2.29. The molecule has 3 rings (SSSR count). The zero-order valence-electron chi connectivity index (χ0n) is 10.8. The topological polar surface area (TPSA) is 81.3 Å². The number of methoxy groups -OCH3 is 1. The van der Waals surface area contributed by atoms with Crippen molar-refractivity contribution in [1.82, 2.24) is 10.2 Å². The number of rotatable bonds is 2. The molecule has 0 unspecified atom stereocenters. The molecular formula is C14H12N2O4. The predicted octanol–water partition coefficient (Wildman–Crippen LogP) is 1.16. The Bertz CT molecular complexity index is 736. The van der Waals surface area contributed by atoms with E-state index >= 15 is 0 Å². The highest BCUT2D eigenvalue weighted by Gasteiger charge is 2.16. The van der Waals surface area contributed by atoms with Crippen LogP contribution in [-0.4, -0.2) is 29.9 Å². The fourth-order valence-corrected chi connectivity index (χ4v) is 2.16. The molecule has 20 heavy (non-hydrogen) atoms. The number of nitrogens with zero attached hydrogens (tertiary/aromatic N) is 1. The van der Waals surface area contributed by atoms with Gasteiger partial charge in [0.25, 0.3) is 5.56 Å². The van der Waals surface area contributed by atoms with Gasteiger partial charge < -0.3 is 9.47 Å². The van der Waals surface area contributed by atoms with Gasteiger partial charge in [0.1, 0.15) is 11.3 Å². The molecule has 1 aliphatic heterocycles. The summed E-state index contributed by atoms with van der Waals surface area (Å²) >= 11 is 0. The number of H-pyrrole nitrogens is 1. The summed E-state index contributed by atoms with van der Waals surface area (Å²) < 4.78 is 10.0. The van der Waals surface area contributed by atoms with E-state index < -0.39 is 11.5 Å². The molecule has 1 N–H and O–H groups in total. The monoisotopic (exact) mass is 272 g/mol. The van der Waals surface area contributed by atoms with Gasteiger partial charge >= 0.3 is 5.97 Å². The van der Waals surface area contributed by atoms with Gasteiger partial charge in [-0.1, -0.05) is 0 Å². The van der Waals surface area contributed by atoms with Crippen LogP contribution in [0.15, 0.2) is 29.1 Å². The number of carbonyl (C=O) groups excluding carboxylic acids is 1. The quantitative estimate of drug-likeness (QED) is 0.830. The molecule has 6 nitrogen and oxygen atoms in total. The number of aromatic amines is 1. The summed E-state index contributed by atoms with van der Waals surface area (Å²) in [4.78, 5) is 23.1. The van der Waals surface area contributed by atoms with Crippen LogP contribution in [0.5, 0.6) is 5.75 Å². The van der Waals surface area contributed by atoms with Crippen molar-refractivity contribution in [3.63, 3.8) is 0 Å². The zero-order valence-corrected chi connectivity index (χ0v) is 10.8. The Labute approximate surface area is 114 Å². The SMILES string of the molecule is COC(=O)c1cc(-c2ccc3c(c2)CCO3)n[nH]c1=O. The molecule has 0 atom stereocenters. The minimum Gasteiger partial charge on any atom is -0.493 e. The van der Waals surface area contributed by atoms with Crippen LogP contribution >= 0.6 is 0 Å². The predicted molar refractivity (Wildman–Crippen MR) is 70.8 cm³/mol. The molecular weight excluding hydrogens is 260 g/mol. The van der Waals surface area contributed by atoms with Gasteiger partial charge in [-0.25, -0.2) is 9.89 Å². The molecule has 2 heterocycles. The lowest BCUT2D eigenvalue weighted by atomic mass is 10.1. The fraction of sp³-hybridized carbons (Fsp3) is 0.214. The third-order valence-corrected chi connectivity index (χ3v) is 3.19. The molecule has 0 fully saturated rings. The molecule has 0 saturated heterocycles. The maximum absolute atomic E-state index is 11.6. The van der Waals surface area contributed by atoms with Crippen LogP contribution < -0.4 is 10.3 Å². The number of aromatic nitrogens is 2. The van der Waals surface area contributed by atoms with Crippen molar-refractivity contribution in [1.29, 1.82) is 0 Å². The summed E-state index contributed by atoms with van der Waals surface area (Å²) in [5.74, 6) is 0.186. The Morgan fingerprint density at radius 1 is 1.40 bits per heavy atom. The molecule has 0 radical (unpaired) electrons. The van der Waals surface area contributed by atoms with Crippen molar-refractivity contribution < 1.29 is 14.3 Å². The maximum atomic E-state index is 11.6. The number of ether oxygens (including phenoxy) is 2. The summed E-state index contributed by atoms with van der Waals surface area (Å²) in [6.45, 7) is 0.672. The van der Waals surface area contributed by atoms with Crippen LogP contribution in [0.4, 0.5) is 0 Å². The van der Waals surface area contributed by atoms with E-state index in [1.54, 1.807) is 0 Å². The van der Waals surface area contributed by atoms with Crippen molar-refractivity contribution in [2.24, 2.45) is 0 Å². The number of fused-ring (bicyclic) bond motifs is 1. The van der Waals surface area contributed by atoms with E-state index in [2.05, 4.69) is 14.9 Å². The summed E-state index contributed by atoms with van der Waals surface area (Å²) in [5.41, 5.74) is 1.80. The van der Waals surface area contributed by atoms with E-state index in [0.29, 0.717) is 12.3 Å². The van der Waals surface area contributed by atoms with Crippen LogP contribution in [-0.2, 0) is 11.2 Å². The lowest BCUT2D eigenvalue weighted by Gasteiger charge is -2.05. The highest BCUT2D eigenvalue weighted by molar-refractivity contribution is 5.90. The van der Waals surface area contributed by atoms with Crippen molar-refractivity contribution in [2.45, 2.75) is 6.42 Å².